The van der Waals surface area contributed by atoms with E-state index < -0.39 is 5.60 Å². The fourth-order valence-electron chi connectivity index (χ4n) is 3.96. The highest BCUT2D eigenvalue weighted by atomic mass is 16.6. The number of alkyl carbamates (subject to hydrolysis) is 1. The standard InChI is InChI=1S/C22H31N7O2/c1-22(2,3)31-21(30)23-12-16-6-5-10-28(11-8-16)20-19-7-9-24-29(19)15-18(26-20)17-13-25-27(4)14-17/h7,9,13-16H,5-6,8,10-12H2,1-4H3,(H,23,30). The van der Waals surface area contributed by atoms with Gasteiger partial charge in [0, 0.05) is 38.4 Å². The third kappa shape index (κ3) is 5.15. The highest BCUT2D eigenvalue weighted by molar-refractivity contribution is 5.72. The lowest BCUT2D eigenvalue weighted by Crippen LogP contribution is -2.35. The van der Waals surface area contributed by atoms with Crippen molar-refractivity contribution in [1.29, 1.82) is 0 Å². The number of aromatic nitrogens is 5. The molecule has 1 unspecified atom stereocenters. The first-order valence-corrected chi connectivity index (χ1v) is 10.8. The fraction of sp³-hybridized carbons (Fsp3) is 0.545. The highest BCUT2D eigenvalue weighted by Crippen LogP contribution is 2.28. The quantitative estimate of drug-likeness (QED) is 0.690. The topological polar surface area (TPSA) is 89.6 Å². The van der Waals surface area contributed by atoms with Crippen molar-refractivity contribution in [3.05, 3.63) is 30.9 Å². The van der Waals surface area contributed by atoms with Crippen molar-refractivity contribution >= 4 is 17.4 Å². The second-order valence-electron chi connectivity index (χ2n) is 9.18. The van der Waals surface area contributed by atoms with E-state index in [-0.39, 0.29) is 6.09 Å². The van der Waals surface area contributed by atoms with Crippen LogP contribution in [-0.4, -0.2) is 55.7 Å². The smallest absolute Gasteiger partial charge is 0.407 e. The van der Waals surface area contributed by atoms with Crippen molar-refractivity contribution in [3.8, 4) is 11.3 Å². The number of fused-ring (bicyclic) bond motifs is 1. The van der Waals surface area contributed by atoms with Crippen molar-refractivity contribution in [2.45, 2.75) is 45.6 Å². The molecule has 1 N–H and O–H groups in total. The molecule has 1 amide bonds. The number of carbonyl (C=O) groups excluding carboxylic acids is 1. The summed E-state index contributed by atoms with van der Waals surface area (Å²) in [6.07, 6.45) is 10.3. The van der Waals surface area contributed by atoms with Gasteiger partial charge in [-0.25, -0.2) is 14.3 Å². The summed E-state index contributed by atoms with van der Waals surface area (Å²) in [5.74, 6) is 1.36. The number of rotatable bonds is 4. The van der Waals surface area contributed by atoms with Gasteiger partial charge in [0.15, 0.2) is 5.82 Å². The molecule has 1 fully saturated rings. The second-order valence-corrected chi connectivity index (χ2v) is 9.18. The van der Waals surface area contributed by atoms with Gasteiger partial charge in [-0.3, -0.25) is 4.68 Å². The van der Waals surface area contributed by atoms with Gasteiger partial charge in [0.25, 0.3) is 0 Å². The maximum Gasteiger partial charge on any atom is 0.407 e. The molecule has 0 saturated carbocycles. The minimum atomic E-state index is -0.480. The van der Waals surface area contributed by atoms with Crippen LogP contribution in [0.4, 0.5) is 10.6 Å². The first-order valence-electron chi connectivity index (χ1n) is 10.8. The van der Waals surface area contributed by atoms with Crippen molar-refractivity contribution in [3.63, 3.8) is 0 Å². The number of anilines is 1. The number of carbonyl (C=O) groups is 1. The number of hydrogen-bond acceptors (Lipinski definition) is 6. The summed E-state index contributed by atoms with van der Waals surface area (Å²) in [5.41, 5.74) is 2.34. The number of aryl methyl sites for hydroxylation is 1. The molecule has 4 heterocycles. The van der Waals surface area contributed by atoms with Crippen molar-refractivity contribution in [1.82, 2.24) is 29.7 Å². The molecule has 4 rings (SSSR count). The predicted octanol–water partition coefficient (Wildman–Crippen LogP) is 3.26. The van der Waals surface area contributed by atoms with Gasteiger partial charge in [0.05, 0.1) is 24.3 Å². The van der Waals surface area contributed by atoms with E-state index >= 15 is 0 Å². The molecule has 0 aliphatic carbocycles. The van der Waals surface area contributed by atoms with Crippen LogP contribution in [0.3, 0.4) is 0 Å². The Balaban J connectivity index is 1.47. The Morgan fingerprint density at radius 1 is 1.23 bits per heavy atom. The molecule has 1 atom stereocenters. The third-order valence-corrected chi connectivity index (χ3v) is 5.45. The SMILES string of the molecule is Cn1cc(-c2cn3nccc3c(N3CCCC(CNC(=O)OC(C)(C)C)CC3)n2)cn1. The average molecular weight is 426 g/mol. The summed E-state index contributed by atoms with van der Waals surface area (Å²) in [6.45, 7) is 8.06. The summed E-state index contributed by atoms with van der Waals surface area (Å²) in [5, 5.41) is 11.6. The van der Waals surface area contributed by atoms with Crippen LogP contribution in [0.15, 0.2) is 30.9 Å². The van der Waals surface area contributed by atoms with Gasteiger partial charge < -0.3 is 15.0 Å². The van der Waals surface area contributed by atoms with E-state index in [1.807, 2.05) is 57.0 Å². The molecule has 9 nitrogen and oxygen atoms in total. The molecule has 0 aromatic carbocycles. The lowest BCUT2D eigenvalue weighted by molar-refractivity contribution is 0.0518. The lowest BCUT2D eigenvalue weighted by Gasteiger charge is -2.23. The summed E-state index contributed by atoms with van der Waals surface area (Å²) >= 11 is 0. The highest BCUT2D eigenvalue weighted by Gasteiger charge is 2.22. The monoisotopic (exact) mass is 425 g/mol. The molecule has 1 aliphatic heterocycles. The summed E-state index contributed by atoms with van der Waals surface area (Å²) < 4.78 is 9.02. The molecular formula is C22H31N7O2. The third-order valence-electron chi connectivity index (χ3n) is 5.45. The zero-order valence-corrected chi connectivity index (χ0v) is 18.7. The minimum Gasteiger partial charge on any atom is -0.444 e. The van der Waals surface area contributed by atoms with E-state index in [0.717, 1.165) is 54.9 Å². The van der Waals surface area contributed by atoms with Crippen LogP contribution >= 0.6 is 0 Å². The Labute approximate surface area is 182 Å². The second kappa shape index (κ2) is 8.56. The van der Waals surface area contributed by atoms with Crippen molar-refractivity contribution < 1.29 is 9.53 Å². The molecule has 9 heteroatoms. The van der Waals surface area contributed by atoms with Gasteiger partial charge in [0.1, 0.15) is 11.1 Å². The molecular weight excluding hydrogens is 394 g/mol. The van der Waals surface area contributed by atoms with Crippen LogP contribution in [0.5, 0.6) is 0 Å². The van der Waals surface area contributed by atoms with Gasteiger partial charge in [0.2, 0.25) is 0 Å². The van der Waals surface area contributed by atoms with E-state index in [9.17, 15) is 4.79 Å². The molecule has 0 spiro atoms. The first kappa shape index (κ1) is 21.1. The molecule has 3 aromatic rings. The van der Waals surface area contributed by atoms with Crippen molar-refractivity contribution in [2.75, 3.05) is 24.5 Å². The Morgan fingerprint density at radius 3 is 2.81 bits per heavy atom. The van der Waals surface area contributed by atoms with Crippen LogP contribution in [0.2, 0.25) is 0 Å². The fourth-order valence-corrected chi connectivity index (χ4v) is 3.96. The van der Waals surface area contributed by atoms with Crippen molar-refractivity contribution in [2.24, 2.45) is 13.0 Å². The summed E-state index contributed by atoms with van der Waals surface area (Å²) in [4.78, 5) is 19.3. The van der Waals surface area contributed by atoms with Gasteiger partial charge in [-0.05, 0) is 52.0 Å². The molecule has 166 valence electrons. The Hall–Kier alpha value is -3.10. The Bertz CT molecular complexity index is 1050. The zero-order chi connectivity index (χ0) is 22.0. The Morgan fingerprint density at radius 2 is 2.06 bits per heavy atom. The van der Waals surface area contributed by atoms with Crippen LogP contribution in [0, 0.1) is 5.92 Å². The number of amides is 1. The predicted molar refractivity (Wildman–Crippen MR) is 119 cm³/mol. The number of hydrogen-bond donors (Lipinski definition) is 1. The van der Waals surface area contributed by atoms with Gasteiger partial charge in [-0.1, -0.05) is 0 Å². The van der Waals surface area contributed by atoms with Gasteiger partial charge in [-0.15, -0.1) is 0 Å². The molecule has 0 radical (unpaired) electrons. The maximum absolute atomic E-state index is 12.0. The van der Waals surface area contributed by atoms with Gasteiger partial charge >= 0.3 is 6.09 Å². The lowest BCUT2D eigenvalue weighted by atomic mass is 10.0. The Kier molecular flexibility index (Phi) is 5.84. The van der Waals surface area contributed by atoms with Crippen LogP contribution in [-0.2, 0) is 11.8 Å². The van der Waals surface area contributed by atoms with E-state index in [1.165, 1.54) is 0 Å². The van der Waals surface area contributed by atoms with Crippen LogP contribution in [0.1, 0.15) is 40.0 Å². The summed E-state index contributed by atoms with van der Waals surface area (Å²) in [7, 11) is 1.90. The first-order chi connectivity index (χ1) is 14.8. The maximum atomic E-state index is 12.0. The van der Waals surface area contributed by atoms with Crippen LogP contribution < -0.4 is 10.2 Å². The van der Waals surface area contributed by atoms with E-state index in [1.54, 1.807) is 10.9 Å². The normalized spacial score (nSPS) is 17.5. The summed E-state index contributed by atoms with van der Waals surface area (Å²) in [6, 6.07) is 2.00. The molecule has 1 saturated heterocycles. The number of nitrogens with one attached hydrogen (secondary N) is 1. The number of nitrogens with zero attached hydrogens (tertiary/aromatic N) is 6. The van der Waals surface area contributed by atoms with Crippen LogP contribution in [0.25, 0.3) is 16.8 Å². The van der Waals surface area contributed by atoms with Gasteiger partial charge in [-0.2, -0.15) is 10.2 Å². The minimum absolute atomic E-state index is 0.347. The van der Waals surface area contributed by atoms with E-state index in [4.69, 9.17) is 9.72 Å². The molecule has 31 heavy (non-hydrogen) atoms. The van der Waals surface area contributed by atoms with E-state index in [2.05, 4.69) is 20.4 Å². The van der Waals surface area contributed by atoms with E-state index in [0.29, 0.717) is 12.5 Å². The zero-order valence-electron chi connectivity index (χ0n) is 18.7. The largest absolute Gasteiger partial charge is 0.444 e. The molecule has 1 aliphatic rings. The molecule has 3 aromatic heterocycles. The number of ether oxygens (including phenoxy) is 1. The average Bonchev–Trinajstić information content (AvgIpc) is 3.28. The molecule has 0 bridgehead atoms.